The molecule has 170 valence electrons. The first-order valence-electron chi connectivity index (χ1n) is 9.59. The summed E-state index contributed by atoms with van der Waals surface area (Å²) in [5.74, 6) is 1.70. The number of aliphatic hydroxyl groups is 1. The highest BCUT2D eigenvalue weighted by Crippen LogP contribution is 2.34. The maximum Gasteiger partial charge on any atom is 0.421 e. The van der Waals surface area contributed by atoms with E-state index in [-0.39, 0.29) is 18.1 Å². The minimum absolute atomic E-state index is 0.0527. The van der Waals surface area contributed by atoms with E-state index >= 15 is 0 Å². The summed E-state index contributed by atoms with van der Waals surface area (Å²) < 4.78 is 37.1. The van der Waals surface area contributed by atoms with Crippen molar-refractivity contribution in [1.29, 1.82) is 0 Å². The summed E-state index contributed by atoms with van der Waals surface area (Å²) in [7, 11) is -1.22. The van der Waals surface area contributed by atoms with E-state index in [4.69, 9.17) is 14.4 Å². The number of amides is 1. The van der Waals surface area contributed by atoms with Gasteiger partial charge in [-0.3, -0.25) is 0 Å². The zero-order chi connectivity index (χ0) is 23.0. The van der Waals surface area contributed by atoms with Gasteiger partial charge in [-0.05, 0) is 24.6 Å². The molecule has 2 aromatic carbocycles. The molecular formula is C21H22N2O6S3. The maximum atomic E-state index is 12.5. The minimum atomic E-state index is -4.08. The van der Waals surface area contributed by atoms with Crippen LogP contribution in [0.4, 0.5) is 4.79 Å². The number of hydrogen-bond donors (Lipinski definition) is 2. The average molecular weight is 495 g/mol. The molecule has 0 aliphatic rings. The van der Waals surface area contributed by atoms with Gasteiger partial charge in [0.05, 0.1) is 17.1 Å². The Morgan fingerprint density at radius 3 is 2.44 bits per heavy atom. The van der Waals surface area contributed by atoms with Crippen molar-refractivity contribution < 1.29 is 27.6 Å². The number of hydrogen-bond acceptors (Lipinski definition) is 9. The Kier molecular flexibility index (Phi) is 8.62. The summed E-state index contributed by atoms with van der Waals surface area (Å²) >= 11 is 0. The van der Waals surface area contributed by atoms with Crippen molar-refractivity contribution in [3.8, 4) is 22.4 Å². The highest BCUT2D eigenvalue weighted by molar-refractivity contribution is 8.76. The van der Waals surface area contributed by atoms with Crippen LogP contribution in [0.1, 0.15) is 5.76 Å². The van der Waals surface area contributed by atoms with Crippen LogP contribution in [-0.4, -0.2) is 49.5 Å². The quantitative estimate of drug-likeness (QED) is 0.317. The van der Waals surface area contributed by atoms with E-state index in [9.17, 15) is 13.2 Å². The van der Waals surface area contributed by atoms with Crippen LogP contribution in [0, 0.1) is 6.92 Å². The highest BCUT2D eigenvalue weighted by atomic mass is 33.1. The summed E-state index contributed by atoms with van der Waals surface area (Å²) in [4.78, 5) is 11.7. The third-order valence-electron chi connectivity index (χ3n) is 4.24. The second-order valence-electron chi connectivity index (χ2n) is 6.46. The second kappa shape index (κ2) is 11.4. The molecule has 0 fully saturated rings. The zero-order valence-corrected chi connectivity index (χ0v) is 19.6. The Bertz CT molecular complexity index is 1130. The molecule has 8 nitrogen and oxygen atoms in total. The number of aromatic nitrogens is 1. The molecule has 1 heterocycles. The fourth-order valence-electron chi connectivity index (χ4n) is 2.83. The molecule has 3 rings (SSSR count). The van der Waals surface area contributed by atoms with E-state index in [0.717, 1.165) is 11.1 Å². The molecule has 0 saturated heterocycles. The van der Waals surface area contributed by atoms with E-state index < -0.39 is 16.1 Å². The monoisotopic (exact) mass is 494 g/mol. The molecule has 11 heteroatoms. The lowest BCUT2D eigenvalue weighted by atomic mass is 10.00. The standard InChI is InChI=1S/C21H22N2O6S3/c1-15-19(16-5-3-2-4-6-16)20(22-29-15)17-7-9-18(10-8-17)32(26,27)23-21(25)28-12-14-31-30-13-11-24/h2-10,24H,11-14H2,1H3,(H,23,25). The van der Waals surface area contributed by atoms with Crippen LogP contribution in [0.25, 0.3) is 22.4 Å². The second-order valence-corrected chi connectivity index (χ2v) is 10.8. The molecule has 3 aromatic rings. The number of benzene rings is 2. The molecule has 32 heavy (non-hydrogen) atoms. The van der Waals surface area contributed by atoms with Crippen molar-refractivity contribution in [3.63, 3.8) is 0 Å². The first kappa shape index (κ1) is 24.2. The Morgan fingerprint density at radius 2 is 1.75 bits per heavy atom. The van der Waals surface area contributed by atoms with Gasteiger partial charge in [0.1, 0.15) is 18.1 Å². The number of aryl methyl sites for hydroxylation is 1. The first-order valence-corrected chi connectivity index (χ1v) is 13.6. The number of sulfonamides is 1. The molecule has 0 atom stereocenters. The van der Waals surface area contributed by atoms with Gasteiger partial charge in [0.25, 0.3) is 10.0 Å². The molecular weight excluding hydrogens is 472 g/mol. The Hall–Kier alpha value is -2.47. The summed E-state index contributed by atoms with van der Waals surface area (Å²) in [6, 6.07) is 15.6. The van der Waals surface area contributed by atoms with Crippen molar-refractivity contribution in [2.24, 2.45) is 0 Å². The average Bonchev–Trinajstić information content (AvgIpc) is 3.18. The summed E-state index contributed by atoms with van der Waals surface area (Å²) in [5, 5.41) is 12.8. The predicted molar refractivity (Wildman–Crippen MR) is 126 cm³/mol. The number of rotatable bonds is 10. The third-order valence-corrected chi connectivity index (χ3v) is 7.92. The predicted octanol–water partition coefficient (Wildman–Crippen LogP) is 4.11. The normalized spacial score (nSPS) is 11.3. The number of aliphatic hydroxyl groups excluding tert-OH is 1. The molecule has 0 aliphatic heterocycles. The van der Waals surface area contributed by atoms with Gasteiger partial charge in [0, 0.05) is 17.1 Å². The molecule has 0 aliphatic carbocycles. The molecule has 0 radical (unpaired) electrons. The highest BCUT2D eigenvalue weighted by Gasteiger charge is 2.20. The minimum Gasteiger partial charge on any atom is -0.448 e. The molecule has 0 saturated carbocycles. The van der Waals surface area contributed by atoms with E-state index in [1.165, 1.54) is 33.7 Å². The van der Waals surface area contributed by atoms with Gasteiger partial charge in [-0.2, -0.15) is 0 Å². The van der Waals surface area contributed by atoms with Gasteiger partial charge in [0.15, 0.2) is 0 Å². The summed E-state index contributed by atoms with van der Waals surface area (Å²) in [6.45, 7) is 1.94. The van der Waals surface area contributed by atoms with Crippen LogP contribution >= 0.6 is 21.6 Å². The van der Waals surface area contributed by atoms with Gasteiger partial charge < -0.3 is 14.4 Å². The van der Waals surface area contributed by atoms with Crippen molar-refractivity contribution in [3.05, 3.63) is 60.4 Å². The van der Waals surface area contributed by atoms with Crippen molar-refractivity contribution in [2.45, 2.75) is 11.8 Å². The number of nitrogens with zero attached hydrogens (tertiary/aromatic N) is 1. The van der Waals surface area contributed by atoms with Crippen molar-refractivity contribution in [1.82, 2.24) is 9.88 Å². The van der Waals surface area contributed by atoms with Crippen LogP contribution in [0.3, 0.4) is 0 Å². The topological polar surface area (TPSA) is 119 Å². The molecule has 1 amide bonds. The van der Waals surface area contributed by atoms with E-state index in [0.29, 0.717) is 28.5 Å². The number of carbonyl (C=O) groups is 1. The van der Waals surface area contributed by atoms with Crippen LogP contribution in [0.5, 0.6) is 0 Å². The van der Waals surface area contributed by atoms with Gasteiger partial charge in [-0.15, -0.1) is 0 Å². The van der Waals surface area contributed by atoms with Crippen LogP contribution in [-0.2, 0) is 14.8 Å². The SMILES string of the molecule is Cc1onc(-c2ccc(S(=O)(=O)NC(=O)OCCSSCCO)cc2)c1-c1ccccc1. The van der Waals surface area contributed by atoms with E-state index in [1.54, 1.807) is 12.1 Å². The third kappa shape index (κ3) is 6.28. The number of carbonyl (C=O) groups excluding carboxylic acids is 1. The smallest absolute Gasteiger partial charge is 0.421 e. The van der Waals surface area contributed by atoms with Crippen LogP contribution in [0.15, 0.2) is 64.0 Å². The van der Waals surface area contributed by atoms with Crippen LogP contribution < -0.4 is 4.72 Å². The summed E-state index contributed by atoms with van der Waals surface area (Å²) in [5.41, 5.74) is 3.05. The lowest BCUT2D eigenvalue weighted by Crippen LogP contribution is -2.31. The van der Waals surface area contributed by atoms with E-state index in [1.807, 2.05) is 42.0 Å². The van der Waals surface area contributed by atoms with E-state index in [2.05, 4.69) is 5.16 Å². The number of nitrogens with one attached hydrogen (secondary N) is 1. The van der Waals surface area contributed by atoms with Crippen molar-refractivity contribution in [2.75, 3.05) is 24.7 Å². The lowest BCUT2D eigenvalue weighted by Gasteiger charge is -2.09. The molecule has 0 bridgehead atoms. The fraction of sp³-hybridized carbons (Fsp3) is 0.238. The Labute approximate surface area is 194 Å². The molecule has 0 unspecified atom stereocenters. The van der Waals surface area contributed by atoms with Gasteiger partial charge in [-0.1, -0.05) is 69.2 Å². The maximum absolute atomic E-state index is 12.5. The largest absolute Gasteiger partial charge is 0.448 e. The molecule has 1 aromatic heterocycles. The number of ether oxygens (including phenoxy) is 1. The first-order chi connectivity index (χ1) is 15.4. The lowest BCUT2D eigenvalue weighted by molar-refractivity contribution is 0.160. The van der Waals surface area contributed by atoms with Gasteiger partial charge >= 0.3 is 6.09 Å². The van der Waals surface area contributed by atoms with Gasteiger partial charge in [0.2, 0.25) is 0 Å². The van der Waals surface area contributed by atoms with Crippen LogP contribution in [0.2, 0.25) is 0 Å². The Balaban J connectivity index is 1.66. The summed E-state index contributed by atoms with van der Waals surface area (Å²) in [6.07, 6.45) is -1.04. The molecule has 0 spiro atoms. The zero-order valence-electron chi connectivity index (χ0n) is 17.2. The van der Waals surface area contributed by atoms with Crippen molar-refractivity contribution >= 4 is 37.7 Å². The van der Waals surface area contributed by atoms with Gasteiger partial charge in [-0.25, -0.2) is 17.9 Å². The fourth-order valence-corrected chi connectivity index (χ4v) is 5.31. The Morgan fingerprint density at radius 1 is 1.06 bits per heavy atom. The molecule has 2 N–H and O–H groups in total.